The van der Waals surface area contributed by atoms with Gasteiger partial charge in [0.25, 0.3) is 0 Å². The molecule has 1 amide bonds. The maximum Gasteiger partial charge on any atom is 0.217 e. The molecule has 4 nitrogen and oxygen atoms in total. The number of carbonyl (C=O) groups is 1. The maximum absolute atomic E-state index is 13.7. The number of hydrogen-bond acceptors (Lipinski definition) is 3. The van der Waals surface area contributed by atoms with Gasteiger partial charge in [0, 0.05) is 25.1 Å². The molecule has 0 saturated heterocycles. The Morgan fingerprint density at radius 2 is 1.76 bits per heavy atom. The van der Waals surface area contributed by atoms with E-state index in [2.05, 4.69) is 48.7 Å². The fraction of sp³-hybridized carbons (Fsp3) is 0.536. The Morgan fingerprint density at radius 3 is 2.38 bits per heavy atom. The Morgan fingerprint density at radius 1 is 1.09 bits per heavy atom. The summed E-state index contributed by atoms with van der Waals surface area (Å²) in [6.07, 6.45) is 5.63. The van der Waals surface area contributed by atoms with Crippen LogP contribution < -0.4 is 10.6 Å². The zero-order chi connectivity index (χ0) is 24.7. The average molecular weight is 473 g/mol. The highest BCUT2D eigenvalue weighted by Crippen LogP contribution is 2.38. The molecule has 1 fully saturated rings. The van der Waals surface area contributed by atoms with E-state index in [1.807, 2.05) is 0 Å². The second kappa shape index (κ2) is 11.9. The summed E-state index contributed by atoms with van der Waals surface area (Å²) >= 11 is 0. The second-order valence-corrected chi connectivity index (χ2v) is 9.81. The van der Waals surface area contributed by atoms with Crippen molar-refractivity contribution in [2.24, 2.45) is 0 Å². The largest absolute Gasteiger partial charge is 0.390 e. The van der Waals surface area contributed by atoms with Crippen molar-refractivity contribution in [3.8, 4) is 0 Å². The Hall–Kier alpha value is -2.31. The van der Waals surface area contributed by atoms with Crippen LogP contribution in [0.3, 0.4) is 0 Å². The van der Waals surface area contributed by atoms with Gasteiger partial charge in [-0.3, -0.25) is 4.79 Å². The molecule has 0 radical (unpaired) electrons. The molecule has 2 aromatic rings. The van der Waals surface area contributed by atoms with Crippen molar-refractivity contribution in [3.63, 3.8) is 0 Å². The summed E-state index contributed by atoms with van der Waals surface area (Å²) in [5.74, 6) is -1.17. The van der Waals surface area contributed by atoms with Gasteiger partial charge in [0.15, 0.2) is 0 Å². The molecule has 34 heavy (non-hydrogen) atoms. The summed E-state index contributed by atoms with van der Waals surface area (Å²) in [4.78, 5) is 11.8. The molecule has 1 aliphatic carbocycles. The van der Waals surface area contributed by atoms with Gasteiger partial charge in [-0.2, -0.15) is 0 Å². The molecule has 0 heterocycles. The molecule has 3 N–H and O–H groups in total. The number of aliphatic hydroxyl groups is 1. The van der Waals surface area contributed by atoms with Crippen LogP contribution in [0.2, 0.25) is 0 Å². The molecule has 3 rings (SSSR count). The smallest absolute Gasteiger partial charge is 0.217 e. The van der Waals surface area contributed by atoms with Crippen molar-refractivity contribution in [3.05, 3.63) is 70.8 Å². The topological polar surface area (TPSA) is 61.4 Å². The predicted molar refractivity (Wildman–Crippen MR) is 132 cm³/mol. The van der Waals surface area contributed by atoms with Gasteiger partial charge in [0.2, 0.25) is 5.91 Å². The van der Waals surface area contributed by atoms with Gasteiger partial charge in [-0.1, -0.05) is 57.4 Å². The average Bonchev–Trinajstić information content (AvgIpc) is 2.81. The lowest BCUT2D eigenvalue weighted by Crippen LogP contribution is -2.53. The fourth-order valence-corrected chi connectivity index (χ4v) is 5.07. The summed E-state index contributed by atoms with van der Waals surface area (Å²) in [6, 6.07) is 11.4. The highest BCUT2D eigenvalue weighted by Gasteiger charge is 2.35. The van der Waals surface area contributed by atoms with E-state index in [0.29, 0.717) is 11.5 Å². The molecule has 0 bridgehead atoms. The summed E-state index contributed by atoms with van der Waals surface area (Å²) < 4.78 is 27.4. The number of benzene rings is 2. The highest BCUT2D eigenvalue weighted by atomic mass is 19.1. The zero-order valence-electron chi connectivity index (χ0n) is 20.5. The van der Waals surface area contributed by atoms with E-state index in [9.17, 15) is 18.7 Å². The maximum atomic E-state index is 13.7. The van der Waals surface area contributed by atoms with Crippen LogP contribution in [-0.4, -0.2) is 29.7 Å². The van der Waals surface area contributed by atoms with Gasteiger partial charge in [0.05, 0.1) is 12.1 Å². The first kappa shape index (κ1) is 26.3. The Bertz CT molecular complexity index is 939. The lowest BCUT2D eigenvalue weighted by Gasteiger charge is -2.40. The van der Waals surface area contributed by atoms with Gasteiger partial charge < -0.3 is 15.7 Å². The minimum absolute atomic E-state index is 0.133. The summed E-state index contributed by atoms with van der Waals surface area (Å²) in [5.41, 5.74) is 2.70. The molecule has 1 unspecified atom stereocenters. The lowest BCUT2D eigenvalue weighted by atomic mass is 9.75. The van der Waals surface area contributed by atoms with Gasteiger partial charge >= 0.3 is 0 Å². The number of amides is 1. The zero-order valence-corrected chi connectivity index (χ0v) is 20.5. The Balaban J connectivity index is 1.79. The minimum Gasteiger partial charge on any atom is -0.390 e. The molecule has 3 atom stereocenters. The van der Waals surface area contributed by atoms with E-state index in [4.69, 9.17) is 0 Å². The number of rotatable bonds is 10. The fourth-order valence-electron chi connectivity index (χ4n) is 5.07. The number of nitrogens with one attached hydrogen (secondary N) is 2. The summed E-state index contributed by atoms with van der Waals surface area (Å²) in [7, 11) is 0. The van der Waals surface area contributed by atoms with Crippen LogP contribution in [0.5, 0.6) is 0 Å². The first-order valence-electron chi connectivity index (χ1n) is 12.5. The molecule has 1 aliphatic rings. The van der Waals surface area contributed by atoms with Crippen molar-refractivity contribution >= 4 is 5.91 Å². The van der Waals surface area contributed by atoms with Crippen molar-refractivity contribution in [2.45, 2.75) is 89.3 Å². The molecule has 2 aromatic carbocycles. The van der Waals surface area contributed by atoms with Gasteiger partial charge in [-0.05, 0) is 60.4 Å². The first-order chi connectivity index (χ1) is 16.2. The van der Waals surface area contributed by atoms with Crippen LogP contribution in [0, 0.1) is 11.6 Å². The molecule has 186 valence electrons. The lowest BCUT2D eigenvalue weighted by molar-refractivity contribution is -0.120. The molecular weight excluding hydrogens is 434 g/mol. The monoisotopic (exact) mass is 472 g/mol. The van der Waals surface area contributed by atoms with E-state index in [-0.39, 0.29) is 24.4 Å². The predicted octanol–water partition coefficient (Wildman–Crippen LogP) is 5.34. The highest BCUT2D eigenvalue weighted by molar-refractivity contribution is 5.73. The number of halogens is 2. The Kier molecular flexibility index (Phi) is 9.20. The molecular formula is C28H38F2N2O2. The van der Waals surface area contributed by atoms with Crippen molar-refractivity contribution in [1.82, 2.24) is 10.6 Å². The van der Waals surface area contributed by atoms with Crippen LogP contribution in [0.1, 0.15) is 81.9 Å². The summed E-state index contributed by atoms with van der Waals surface area (Å²) in [5, 5.41) is 17.5. The minimum atomic E-state index is -0.924. The van der Waals surface area contributed by atoms with Gasteiger partial charge in [-0.15, -0.1) is 0 Å². The normalized spacial score (nSPS) is 18.2. The standard InChI is InChI=1S/C28H38F2N2O2/c1-4-19(2)22-9-8-10-23(16-22)28(11-6-5-7-12-28)31-18-27(34)26(32-20(3)33)15-21-13-24(29)17-25(30)14-21/h8-10,13-14,16-17,19,26-27,31,34H,4-7,11-12,15,18H2,1-3H3,(H,32,33)/t19?,26-,27+/m0/s1. The number of aliphatic hydroxyl groups excluding tert-OH is 1. The van der Waals surface area contributed by atoms with E-state index in [1.165, 1.54) is 36.6 Å². The van der Waals surface area contributed by atoms with Crippen LogP contribution in [0.15, 0.2) is 42.5 Å². The van der Waals surface area contributed by atoms with Crippen LogP contribution >= 0.6 is 0 Å². The van der Waals surface area contributed by atoms with Gasteiger partial charge in [-0.25, -0.2) is 8.78 Å². The molecule has 1 saturated carbocycles. The Labute approximate surface area is 202 Å². The number of carbonyl (C=O) groups excluding carboxylic acids is 1. The summed E-state index contributed by atoms with van der Waals surface area (Å²) in [6.45, 7) is 6.06. The quantitative estimate of drug-likeness (QED) is 0.438. The SMILES string of the molecule is CCC(C)c1cccc(C2(NC[C@@H](O)[C@H](Cc3cc(F)cc(F)c3)NC(C)=O)CCCCC2)c1. The van der Waals surface area contributed by atoms with Crippen LogP contribution in [-0.2, 0) is 16.8 Å². The number of hydrogen-bond donors (Lipinski definition) is 3. The molecule has 6 heteroatoms. The van der Waals surface area contributed by atoms with Crippen molar-refractivity contribution in [2.75, 3.05) is 6.54 Å². The first-order valence-corrected chi connectivity index (χ1v) is 12.5. The van der Waals surface area contributed by atoms with Gasteiger partial charge in [0.1, 0.15) is 11.6 Å². The third kappa shape index (κ3) is 6.86. The third-order valence-corrected chi connectivity index (χ3v) is 7.21. The van der Waals surface area contributed by atoms with E-state index < -0.39 is 23.8 Å². The molecule has 0 spiro atoms. The second-order valence-electron chi connectivity index (χ2n) is 9.81. The van der Waals surface area contributed by atoms with E-state index in [0.717, 1.165) is 38.2 Å². The van der Waals surface area contributed by atoms with Crippen LogP contribution in [0.25, 0.3) is 0 Å². The third-order valence-electron chi connectivity index (χ3n) is 7.21. The van der Waals surface area contributed by atoms with Crippen molar-refractivity contribution < 1.29 is 18.7 Å². The van der Waals surface area contributed by atoms with E-state index >= 15 is 0 Å². The molecule has 0 aliphatic heterocycles. The van der Waals surface area contributed by atoms with E-state index in [1.54, 1.807) is 0 Å². The van der Waals surface area contributed by atoms with Crippen molar-refractivity contribution in [1.29, 1.82) is 0 Å². The van der Waals surface area contributed by atoms with Crippen LogP contribution in [0.4, 0.5) is 8.78 Å². The molecule has 0 aromatic heterocycles.